The molecule has 12 heteroatoms. The van der Waals surface area contributed by atoms with Gasteiger partial charge in [-0.15, -0.1) is 0 Å². The Balaban J connectivity index is 1.32. The first-order valence-corrected chi connectivity index (χ1v) is 12.9. The molecule has 0 aliphatic carbocycles. The molecule has 4 rings (SSSR count). The summed E-state index contributed by atoms with van der Waals surface area (Å²) in [6.45, 7) is 6.91. The lowest BCUT2D eigenvalue weighted by Crippen LogP contribution is -2.37. The third-order valence-corrected chi connectivity index (χ3v) is 6.91. The van der Waals surface area contributed by atoms with Crippen LogP contribution in [0.1, 0.15) is 37.6 Å². The number of thiazole rings is 1. The van der Waals surface area contributed by atoms with E-state index in [4.69, 9.17) is 4.74 Å². The second-order valence-corrected chi connectivity index (χ2v) is 9.81. The standard InChI is InChI=1S/C26H28F3N5O3S/c1-17-6-7-20(32-23(35)18-4-2-5-19(14-18)26(27,28)29)15-21(17)33-24(36)22-16-31-25(38-22)30-8-3-9-34-10-12-37-13-11-34/h2,4-7,14-16H,3,8-13H2,1H3,(H,30,31)(H,32,35)(H,33,36). The molecule has 0 radical (unpaired) electrons. The minimum atomic E-state index is -4.55. The van der Waals surface area contributed by atoms with Crippen LogP contribution in [0.5, 0.6) is 0 Å². The fourth-order valence-electron chi connectivity index (χ4n) is 3.84. The summed E-state index contributed by atoms with van der Waals surface area (Å²) >= 11 is 1.24. The van der Waals surface area contributed by atoms with Crippen molar-refractivity contribution >= 4 is 39.7 Å². The molecule has 0 spiro atoms. The average Bonchev–Trinajstić information content (AvgIpc) is 3.38. The first-order valence-electron chi connectivity index (χ1n) is 12.1. The third-order valence-electron chi connectivity index (χ3n) is 5.96. The van der Waals surface area contributed by atoms with Gasteiger partial charge in [0.25, 0.3) is 11.8 Å². The number of nitrogens with one attached hydrogen (secondary N) is 3. The number of nitrogens with zero attached hydrogens (tertiary/aromatic N) is 2. The topological polar surface area (TPSA) is 95.6 Å². The number of hydrogen-bond donors (Lipinski definition) is 3. The van der Waals surface area contributed by atoms with Crippen LogP contribution in [-0.4, -0.2) is 61.1 Å². The summed E-state index contributed by atoms with van der Waals surface area (Å²) in [6, 6.07) is 9.06. The van der Waals surface area contributed by atoms with E-state index in [1.165, 1.54) is 29.7 Å². The molecule has 202 valence electrons. The Hall–Kier alpha value is -3.48. The first kappa shape index (κ1) is 27.6. The number of ether oxygens (including phenoxy) is 1. The number of aromatic nitrogens is 1. The number of aryl methyl sites for hydroxylation is 1. The maximum absolute atomic E-state index is 13.0. The van der Waals surface area contributed by atoms with E-state index < -0.39 is 17.6 Å². The molecule has 2 aromatic carbocycles. The number of carbonyl (C=O) groups is 2. The predicted molar refractivity (Wildman–Crippen MR) is 141 cm³/mol. The van der Waals surface area contributed by atoms with Crippen molar-refractivity contribution in [2.75, 3.05) is 55.3 Å². The summed E-state index contributed by atoms with van der Waals surface area (Å²) in [6.07, 6.45) is -2.11. The molecule has 2 heterocycles. The fourth-order valence-corrected chi connectivity index (χ4v) is 4.58. The number of carbonyl (C=O) groups excluding carboxylic acids is 2. The molecule has 0 saturated carbocycles. The van der Waals surface area contributed by atoms with E-state index in [9.17, 15) is 22.8 Å². The van der Waals surface area contributed by atoms with E-state index >= 15 is 0 Å². The van der Waals surface area contributed by atoms with E-state index in [1.54, 1.807) is 25.1 Å². The lowest BCUT2D eigenvalue weighted by molar-refractivity contribution is -0.137. The van der Waals surface area contributed by atoms with E-state index in [0.29, 0.717) is 21.4 Å². The molecule has 8 nitrogen and oxygen atoms in total. The van der Waals surface area contributed by atoms with Crippen molar-refractivity contribution in [2.24, 2.45) is 0 Å². The highest BCUT2D eigenvalue weighted by atomic mass is 32.1. The lowest BCUT2D eigenvalue weighted by Gasteiger charge is -2.26. The van der Waals surface area contributed by atoms with Crippen molar-refractivity contribution in [2.45, 2.75) is 19.5 Å². The van der Waals surface area contributed by atoms with Crippen LogP contribution in [0.25, 0.3) is 0 Å². The van der Waals surface area contributed by atoms with E-state index in [0.717, 1.165) is 63.5 Å². The van der Waals surface area contributed by atoms with Crippen molar-refractivity contribution in [1.82, 2.24) is 9.88 Å². The Bertz CT molecular complexity index is 1280. The lowest BCUT2D eigenvalue weighted by atomic mass is 10.1. The van der Waals surface area contributed by atoms with Crippen LogP contribution in [0, 0.1) is 6.92 Å². The Labute approximate surface area is 222 Å². The van der Waals surface area contributed by atoms with Crippen LogP contribution >= 0.6 is 11.3 Å². The van der Waals surface area contributed by atoms with Crippen LogP contribution in [-0.2, 0) is 10.9 Å². The fraction of sp³-hybridized carbons (Fsp3) is 0.346. The summed E-state index contributed by atoms with van der Waals surface area (Å²) in [4.78, 5) is 32.4. The molecule has 1 fully saturated rings. The third kappa shape index (κ3) is 7.53. The maximum atomic E-state index is 13.0. The number of alkyl halides is 3. The van der Waals surface area contributed by atoms with Gasteiger partial charge in [0.05, 0.1) is 25.0 Å². The van der Waals surface area contributed by atoms with Crippen LogP contribution in [0.3, 0.4) is 0 Å². The largest absolute Gasteiger partial charge is 0.416 e. The van der Waals surface area contributed by atoms with Crippen LogP contribution in [0.15, 0.2) is 48.7 Å². The average molecular weight is 548 g/mol. The minimum Gasteiger partial charge on any atom is -0.379 e. The molecule has 38 heavy (non-hydrogen) atoms. The molecule has 2 amide bonds. The van der Waals surface area contributed by atoms with Crippen molar-refractivity contribution in [3.63, 3.8) is 0 Å². The van der Waals surface area contributed by atoms with Gasteiger partial charge in [0, 0.05) is 36.6 Å². The Morgan fingerprint density at radius 1 is 1.08 bits per heavy atom. The van der Waals surface area contributed by atoms with Gasteiger partial charge in [0.1, 0.15) is 4.88 Å². The highest BCUT2D eigenvalue weighted by Crippen LogP contribution is 2.30. The maximum Gasteiger partial charge on any atom is 0.416 e. The van der Waals surface area contributed by atoms with Gasteiger partial charge in [-0.3, -0.25) is 14.5 Å². The highest BCUT2D eigenvalue weighted by molar-refractivity contribution is 7.17. The number of halogens is 3. The van der Waals surface area contributed by atoms with Crippen molar-refractivity contribution in [1.29, 1.82) is 0 Å². The molecule has 3 aromatic rings. The number of hydrogen-bond acceptors (Lipinski definition) is 7. The molecule has 0 bridgehead atoms. The number of amides is 2. The van der Waals surface area contributed by atoms with Crippen LogP contribution in [0.4, 0.5) is 29.7 Å². The van der Waals surface area contributed by atoms with Gasteiger partial charge in [-0.25, -0.2) is 4.98 Å². The molecular formula is C26H28F3N5O3S. The molecule has 1 saturated heterocycles. The van der Waals surface area contributed by atoms with Gasteiger partial charge in [-0.1, -0.05) is 23.5 Å². The normalized spacial score (nSPS) is 14.2. The van der Waals surface area contributed by atoms with E-state index in [2.05, 4.69) is 25.8 Å². The predicted octanol–water partition coefficient (Wildman–Crippen LogP) is 5.11. The van der Waals surface area contributed by atoms with Crippen LogP contribution < -0.4 is 16.0 Å². The molecule has 1 aliphatic rings. The Morgan fingerprint density at radius 2 is 1.87 bits per heavy atom. The summed E-state index contributed by atoms with van der Waals surface area (Å²) in [7, 11) is 0. The van der Waals surface area contributed by atoms with Crippen LogP contribution in [0.2, 0.25) is 0 Å². The summed E-state index contributed by atoms with van der Waals surface area (Å²) in [5, 5.41) is 9.30. The van der Waals surface area contributed by atoms with Gasteiger partial charge in [0.2, 0.25) is 0 Å². The highest BCUT2D eigenvalue weighted by Gasteiger charge is 2.31. The second-order valence-electron chi connectivity index (χ2n) is 8.78. The summed E-state index contributed by atoms with van der Waals surface area (Å²) < 4.78 is 44.3. The summed E-state index contributed by atoms with van der Waals surface area (Å²) in [5.41, 5.74) is 0.519. The van der Waals surface area contributed by atoms with Gasteiger partial charge < -0.3 is 20.7 Å². The zero-order valence-electron chi connectivity index (χ0n) is 20.7. The van der Waals surface area contributed by atoms with Gasteiger partial charge in [-0.05, 0) is 55.8 Å². The molecule has 1 aliphatic heterocycles. The van der Waals surface area contributed by atoms with Gasteiger partial charge in [-0.2, -0.15) is 13.2 Å². The monoisotopic (exact) mass is 547 g/mol. The number of morpholine rings is 1. The quantitative estimate of drug-likeness (QED) is 0.323. The van der Waals surface area contributed by atoms with Crippen molar-refractivity contribution in [3.05, 3.63) is 70.2 Å². The van der Waals surface area contributed by atoms with Gasteiger partial charge in [0.15, 0.2) is 5.13 Å². The second kappa shape index (κ2) is 12.4. The van der Waals surface area contributed by atoms with E-state index in [1.807, 2.05) is 0 Å². The smallest absolute Gasteiger partial charge is 0.379 e. The Morgan fingerprint density at radius 3 is 2.63 bits per heavy atom. The van der Waals surface area contributed by atoms with E-state index in [-0.39, 0.29) is 11.5 Å². The molecule has 0 unspecified atom stereocenters. The molecule has 3 N–H and O–H groups in total. The number of anilines is 3. The Kier molecular flexibility index (Phi) is 8.97. The summed E-state index contributed by atoms with van der Waals surface area (Å²) in [5.74, 6) is -1.04. The SMILES string of the molecule is Cc1ccc(NC(=O)c2cccc(C(F)(F)F)c2)cc1NC(=O)c1cnc(NCCCN2CCOCC2)s1. The van der Waals surface area contributed by atoms with Crippen molar-refractivity contribution < 1.29 is 27.5 Å². The molecule has 1 aromatic heterocycles. The molecule has 0 atom stereocenters. The number of rotatable bonds is 9. The van der Waals surface area contributed by atoms with Crippen molar-refractivity contribution in [3.8, 4) is 0 Å². The number of benzene rings is 2. The minimum absolute atomic E-state index is 0.124. The molecular weight excluding hydrogens is 519 g/mol. The zero-order valence-corrected chi connectivity index (χ0v) is 21.5. The van der Waals surface area contributed by atoms with Gasteiger partial charge >= 0.3 is 6.18 Å². The first-order chi connectivity index (χ1) is 18.2. The zero-order chi connectivity index (χ0) is 27.1.